The van der Waals surface area contributed by atoms with E-state index in [0.29, 0.717) is 19.0 Å². The lowest BCUT2D eigenvalue weighted by atomic mass is 9.81. The lowest BCUT2D eigenvalue weighted by Gasteiger charge is -2.31. The number of carbonyl (C=O) groups is 1. The molecule has 2 atom stereocenters. The number of aryl methyl sites for hydroxylation is 1. The number of nitrogens with zero attached hydrogens (tertiary/aromatic N) is 1. The monoisotopic (exact) mass is 305 g/mol. The lowest BCUT2D eigenvalue weighted by Crippen LogP contribution is -2.42. The Kier molecular flexibility index (Phi) is 5.40. The van der Waals surface area contributed by atoms with Crippen molar-refractivity contribution in [2.75, 3.05) is 13.2 Å². The van der Waals surface area contributed by atoms with Crippen LogP contribution in [0.5, 0.6) is 0 Å². The van der Waals surface area contributed by atoms with Gasteiger partial charge in [0.25, 0.3) is 0 Å². The Bertz CT molecular complexity index is 511. The second-order valence-corrected chi connectivity index (χ2v) is 7.04. The summed E-state index contributed by atoms with van der Waals surface area (Å²) >= 11 is 0. The van der Waals surface area contributed by atoms with Gasteiger partial charge < -0.3 is 15.4 Å². The highest BCUT2D eigenvalue weighted by Crippen LogP contribution is 2.34. The lowest BCUT2D eigenvalue weighted by molar-refractivity contribution is 0.00775. The van der Waals surface area contributed by atoms with Gasteiger partial charge in [-0.1, -0.05) is 26.8 Å². The number of nitrogens with one attached hydrogen (secondary N) is 2. The summed E-state index contributed by atoms with van der Waals surface area (Å²) in [5.41, 5.74) is 1.92. The first-order valence-electron chi connectivity index (χ1n) is 7.92. The van der Waals surface area contributed by atoms with Crippen molar-refractivity contribution >= 4 is 6.03 Å². The number of pyridine rings is 1. The first kappa shape index (κ1) is 16.7. The van der Waals surface area contributed by atoms with Crippen LogP contribution < -0.4 is 10.6 Å². The fraction of sp³-hybridized carbons (Fsp3) is 0.647. The zero-order chi connectivity index (χ0) is 16.2. The molecule has 2 amide bonds. The first-order valence-corrected chi connectivity index (χ1v) is 7.92. The Labute approximate surface area is 132 Å². The van der Waals surface area contributed by atoms with Crippen molar-refractivity contribution in [1.29, 1.82) is 0 Å². The van der Waals surface area contributed by atoms with E-state index in [9.17, 15) is 4.79 Å². The fourth-order valence-electron chi connectivity index (χ4n) is 2.96. The fourth-order valence-corrected chi connectivity index (χ4v) is 2.96. The third-order valence-electron chi connectivity index (χ3n) is 3.97. The predicted molar refractivity (Wildman–Crippen MR) is 86.5 cm³/mol. The minimum Gasteiger partial charge on any atom is -0.377 e. The maximum Gasteiger partial charge on any atom is 0.315 e. The summed E-state index contributed by atoms with van der Waals surface area (Å²) in [4.78, 5) is 16.3. The molecule has 2 N–H and O–H groups in total. The number of carbonyl (C=O) groups excluding carboxylic acids is 1. The Hall–Kier alpha value is -1.62. The quantitative estimate of drug-likeness (QED) is 0.899. The number of aromatic nitrogens is 1. The number of hydrogen-bond donors (Lipinski definition) is 2. The van der Waals surface area contributed by atoms with Gasteiger partial charge in [-0.3, -0.25) is 4.98 Å². The van der Waals surface area contributed by atoms with E-state index < -0.39 is 0 Å². The molecule has 22 heavy (non-hydrogen) atoms. The predicted octanol–water partition coefficient (Wildman–Crippen LogP) is 2.64. The maximum atomic E-state index is 11.9. The molecule has 2 rings (SSSR count). The van der Waals surface area contributed by atoms with Gasteiger partial charge >= 0.3 is 6.03 Å². The molecule has 0 unspecified atom stereocenters. The minimum atomic E-state index is -0.150. The summed E-state index contributed by atoms with van der Waals surface area (Å²) in [6.07, 6.45) is 1.20. The van der Waals surface area contributed by atoms with Crippen LogP contribution in [0, 0.1) is 18.3 Å². The number of ether oxygens (including phenoxy) is 1. The van der Waals surface area contributed by atoms with Crippen molar-refractivity contribution < 1.29 is 9.53 Å². The van der Waals surface area contributed by atoms with Gasteiger partial charge in [0.2, 0.25) is 0 Å². The number of amides is 2. The molecule has 0 aromatic carbocycles. The summed E-state index contributed by atoms with van der Waals surface area (Å²) in [5, 5.41) is 5.80. The second kappa shape index (κ2) is 7.09. The van der Waals surface area contributed by atoms with E-state index in [0.717, 1.165) is 24.4 Å². The van der Waals surface area contributed by atoms with Gasteiger partial charge in [-0.05, 0) is 30.9 Å². The highest BCUT2D eigenvalue weighted by atomic mass is 16.5. The smallest absolute Gasteiger partial charge is 0.315 e. The molecule has 0 saturated carbocycles. The van der Waals surface area contributed by atoms with Crippen LogP contribution in [0.4, 0.5) is 4.79 Å². The first-order chi connectivity index (χ1) is 10.4. The molecule has 122 valence electrons. The van der Waals surface area contributed by atoms with Crippen LogP contribution in [0.15, 0.2) is 18.2 Å². The molecule has 0 aliphatic carbocycles. The molecule has 5 heteroatoms. The zero-order valence-electron chi connectivity index (χ0n) is 14.0. The van der Waals surface area contributed by atoms with Gasteiger partial charge in [0.1, 0.15) is 0 Å². The van der Waals surface area contributed by atoms with Crippen molar-refractivity contribution in [2.24, 2.45) is 11.3 Å². The van der Waals surface area contributed by atoms with Gasteiger partial charge in [-0.25, -0.2) is 4.79 Å². The minimum absolute atomic E-state index is 0.102. The summed E-state index contributed by atoms with van der Waals surface area (Å²) in [6, 6.07) is 5.65. The van der Waals surface area contributed by atoms with Gasteiger partial charge in [0, 0.05) is 24.8 Å². The van der Waals surface area contributed by atoms with Crippen molar-refractivity contribution in [3.05, 3.63) is 29.6 Å². The Morgan fingerprint density at radius 1 is 1.36 bits per heavy atom. The molecule has 0 bridgehead atoms. The molecular weight excluding hydrogens is 278 g/mol. The van der Waals surface area contributed by atoms with Crippen LogP contribution in [0.25, 0.3) is 0 Å². The van der Waals surface area contributed by atoms with E-state index in [-0.39, 0.29) is 17.6 Å². The molecule has 1 fully saturated rings. The molecule has 1 aromatic heterocycles. The topological polar surface area (TPSA) is 63.2 Å². The number of urea groups is 1. The van der Waals surface area contributed by atoms with Gasteiger partial charge in [-0.15, -0.1) is 0 Å². The van der Waals surface area contributed by atoms with Gasteiger partial charge in [-0.2, -0.15) is 0 Å². The van der Waals surface area contributed by atoms with Crippen LogP contribution in [0.1, 0.15) is 38.6 Å². The average Bonchev–Trinajstić information content (AvgIpc) is 2.91. The van der Waals surface area contributed by atoms with E-state index >= 15 is 0 Å². The summed E-state index contributed by atoms with van der Waals surface area (Å²) in [7, 11) is 0. The van der Waals surface area contributed by atoms with E-state index in [2.05, 4.69) is 36.4 Å². The SMILES string of the molecule is Cc1cccc(CNC(=O)NC[C@H]2CCO[C@@H]2C(C)(C)C)n1. The van der Waals surface area contributed by atoms with E-state index in [4.69, 9.17) is 4.74 Å². The molecule has 1 aromatic rings. The number of rotatable bonds is 4. The van der Waals surface area contributed by atoms with E-state index in [1.165, 1.54) is 0 Å². The van der Waals surface area contributed by atoms with Crippen molar-refractivity contribution in [3.8, 4) is 0 Å². The molecular formula is C17H27N3O2. The normalized spacial score (nSPS) is 21.6. The summed E-state index contributed by atoms with van der Waals surface area (Å²) in [6.45, 7) is 10.4. The van der Waals surface area contributed by atoms with E-state index in [1.54, 1.807) is 0 Å². The maximum absolute atomic E-state index is 11.9. The third-order valence-corrected chi connectivity index (χ3v) is 3.97. The van der Waals surface area contributed by atoms with Crippen LogP contribution in [-0.2, 0) is 11.3 Å². The van der Waals surface area contributed by atoms with Gasteiger partial charge in [0.05, 0.1) is 18.3 Å². The highest BCUT2D eigenvalue weighted by Gasteiger charge is 2.37. The third kappa shape index (κ3) is 4.70. The summed E-state index contributed by atoms with van der Waals surface area (Å²) in [5.74, 6) is 0.378. The summed E-state index contributed by atoms with van der Waals surface area (Å²) < 4.78 is 5.82. The molecule has 0 spiro atoms. The molecule has 2 heterocycles. The average molecular weight is 305 g/mol. The Balaban J connectivity index is 1.76. The van der Waals surface area contributed by atoms with Gasteiger partial charge in [0.15, 0.2) is 0 Å². The van der Waals surface area contributed by atoms with Crippen molar-refractivity contribution in [3.63, 3.8) is 0 Å². The van der Waals surface area contributed by atoms with Crippen LogP contribution in [-0.4, -0.2) is 30.3 Å². The van der Waals surface area contributed by atoms with Crippen molar-refractivity contribution in [2.45, 2.75) is 46.8 Å². The van der Waals surface area contributed by atoms with Crippen LogP contribution >= 0.6 is 0 Å². The van der Waals surface area contributed by atoms with Crippen LogP contribution in [0.2, 0.25) is 0 Å². The molecule has 1 aliphatic heterocycles. The van der Waals surface area contributed by atoms with Crippen molar-refractivity contribution in [1.82, 2.24) is 15.6 Å². The Morgan fingerprint density at radius 3 is 2.82 bits per heavy atom. The largest absolute Gasteiger partial charge is 0.377 e. The zero-order valence-corrected chi connectivity index (χ0v) is 14.0. The molecule has 1 aliphatic rings. The molecule has 0 radical (unpaired) electrons. The highest BCUT2D eigenvalue weighted by molar-refractivity contribution is 5.73. The molecule has 1 saturated heterocycles. The Morgan fingerprint density at radius 2 is 2.14 bits per heavy atom. The van der Waals surface area contributed by atoms with Crippen LogP contribution in [0.3, 0.4) is 0 Å². The standard InChI is InChI=1S/C17H27N3O2/c1-12-6-5-7-14(20-12)11-19-16(21)18-10-13-8-9-22-15(13)17(2,3)4/h5-7,13,15H,8-11H2,1-4H3,(H2,18,19,21)/t13-,15+/m1/s1. The molecule has 5 nitrogen and oxygen atoms in total. The second-order valence-electron chi connectivity index (χ2n) is 7.04. The number of hydrogen-bond acceptors (Lipinski definition) is 3. The van der Waals surface area contributed by atoms with E-state index in [1.807, 2.05) is 25.1 Å².